The van der Waals surface area contributed by atoms with Gasteiger partial charge < -0.3 is 19.1 Å². The fraction of sp³-hybridized carbons (Fsp3) is 1.00. The summed E-state index contributed by atoms with van der Waals surface area (Å²) in [6.07, 6.45) is 13.3. The van der Waals surface area contributed by atoms with Crippen molar-refractivity contribution in [3.05, 3.63) is 0 Å². The Balaban J connectivity index is 5.50. The second kappa shape index (κ2) is 20.2. The highest BCUT2D eigenvalue weighted by atomic mass is 28.4. The molecule has 0 saturated carbocycles. The third kappa shape index (κ3) is 14.6. The van der Waals surface area contributed by atoms with Crippen molar-refractivity contribution >= 4 is 8.32 Å². The van der Waals surface area contributed by atoms with Crippen molar-refractivity contribution in [1.82, 2.24) is 14.7 Å². The van der Waals surface area contributed by atoms with Crippen molar-refractivity contribution in [3.8, 4) is 0 Å². The van der Waals surface area contributed by atoms with Gasteiger partial charge in [0.25, 0.3) is 0 Å². The van der Waals surface area contributed by atoms with Crippen molar-refractivity contribution in [1.29, 1.82) is 0 Å². The Labute approximate surface area is 217 Å². The topological polar surface area (TPSA) is 19.0 Å². The van der Waals surface area contributed by atoms with Crippen LogP contribution in [0.25, 0.3) is 0 Å². The van der Waals surface area contributed by atoms with Crippen LogP contribution in [-0.4, -0.2) is 90.5 Å². The molecule has 0 bridgehead atoms. The second-order valence-electron chi connectivity index (χ2n) is 11.3. The van der Waals surface area contributed by atoms with Crippen LogP contribution in [0.5, 0.6) is 0 Å². The molecule has 5 heteroatoms. The van der Waals surface area contributed by atoms with E-state index in [0.29, 0.717) is 5.41 Å². The first-order valence-electron chi connectivity index (χ1n) is 14.9. The highest BCUT2D eigenvalue weighted by molar-refractivity contribution is 6.73. The van der Waals surface area contributed by atoms with E-state index in [-0.39, 0.29) is 0 Å². The van der Waals surface area contributed by atoms with Crippen LogP contribution in [0.15, 0.2) is 0 Å². The van der Waals surface area contributed by atoms with Gasteiger partial charge in [-0.25, -0.2) is 0 Å². The van der Waals surface area contributed by atoms with Gasteiger partial charge >= 0.3 is 0 Å². The Morgan fingerprint density at radius 2 is 0.912 bits per heavy atom. The van der Waals surface area contributed by atoms with E-state index in [2.05, 4.69) is 70.5 Å². The van der Waals surface area contributed by atoms with Crippen LogP contribution >= 0.6 is 0 Å². The minimum Gasteiger partial charge on any atom is -0.420 e. The Morgan fingerprint density at radius 1 is 0.559 bits per heavy atom. The van der Waals surface area contributed by atoms with Crippen molar-refractivity contribution in [3.63, 3.8) is 0 Å². The van der Waals surface area contributed by atoms with Crippen LogP contribution in [0.1, 0.15) is 98.8 Å². The molecule has 0 rings (SSSR count). The number of hydrogen-bond acceptors (Lipinski definition) is 4. The molecule has 0 aromatic rings. The van der Waals surface area contributed by atoms with Crippen molar-refractivity contribution in [2.45, 2.75) is 117 Å². The van der Waals surface area contributed by atoms with Gasteiger partial charge in [0.2, 0.25) is 0 Å². The molecular formula is C29H65N3OSi. The molecule has 0 radical (unpaired) electrons. The summed E-state index contributed by atoms with van der Waals surface area (Å²) in [5.74, 6) is 0. The van der Waals surface area contributed by atoms with E-state index in [9.17, 15) is 0 Å². The zero-order valence-corrected chi connectivity index (χ0v) is 26.2. The molecule has 0 unspecified atom stereocenters. The van der Waals surface area contributed by atoms with E-state index in [1.165, 1.54) is 122 Å². The van der Waals surface area contributed by atoms with Crippen LogP contribution in [-0.2, 0) is 4.43 Å². The summed E-state index contributed by atoms with van der Waals surface area (Å²) in [6.45, 7) is 19.0. The van der Waals surface area contributed by atoms with E-state index >= 15 is 0 Å². The van der Waals surface area contributed by atoms with Crippen LogP contribution in [0.4, 0.5) is 0 Å². The van der Waals surface area contributed by atoms with E-state index in [4.69, 9.17) is 4.43 Å². The first-order valence-corrected chi connectivity index (χ1v) is 17.4. The van der Waals surface area contributed by atoms with Gasteiger partial charge in [0.15, 0.2) is 8.32 Å². The fourth-order valence-corrected chi connectivity index (χ4v) is 8.86. The molecule has 0 aliphatic carbocycles. The smallest absolute Gasteiger partial charge is 0.191 e. The maximum Gasteiger partial charge on any atom is 0.191 e. The summed E-state index contributed by atoms with van der Waals surface area (Å²) in [4.78, 5) is 7.63. The maximum absolute atomic E-state index is 6.27. The summed E-state index contributed by atoms with van der Waals surface area (Å²) in [5.41, 5.74) is 0.480. The Hall–Kier alpha value is 0.0569. The number of rotatable bonds is 24. The van der Waals surface area contributed by atoms with Gasteiger partial charge in [-0.15, -0.1) is 0 Å². The van der Waals surface area contributed by atoms with Crippen LogP contribution in [0, 0.1) is 5.41 Å². The van der Waals surface area contributed by atoms with Crippen molar-refractivity contribution < 1.29 is 4.43 Å². The Bertz CT molecular complexity index is 405. The predicted octanol–water partition coefficient (Wildman–Crippen LogP) is 7.36. The molecule has 4 nitrogen and oxygen atoms in total. The minimum atomic E-state index is -1.58. The zero-order valence-electron chi connectivity index (χ0n) is 25.2. The van der Waals surface area contributed by atoms with Gasteiger partial charge in [-0.05, 0) is 148 Å². The SMILES string of the molecule is CCCN(C)CCCC(CCCN(C)CCC)(CCCN(C)CCC)CC[Si](CC)(CC)OC. The second-order valence-corrected chi connectivity index (χ2v) is 16.0. The molecule has 206 valence electrons. The number of hydrogen-bond donors (Lipinski definition) is 0. The first kappa shape index (κ1) is 34.1. The quantitative estimate of drug-likeness (QED) is 0.129. The Morgan fingerprint density at radius 3 is 1.18 bits per heavy atom. The lowest BCUT2D eigenvalue weighted by Crippen LogP contribution is -2.38. The molecule has 0 aromatic heterocycles. The molecular weight excluding hydrogens is 434 g/mol. The lowest BCUT2D eigenvalue weighted by molar-refractivity contribution is 0.161. The average Bonchev–Trinajstić information content (AvgIpc) is 2.81. The van der Waals surface area contributed by atoms with Crippen LogP contribution in [0.3, 0.4) is 0 Å². The van der Waals surface area contributed by atoms with Gasteiger partial charge in [0, 0.05) is 7.11 Å². The third-order valence-corrected chi connectivity index (χ3v) is 13.0. The lowest BCUT2D eigenvalue weighted by atomic mass is 9.73. The monoisotopic (exact) mass is 499 g/mol. The summed E-state index contributed by atoms with van der Waals surface area (Å²) in [7, 11) is 7.34. The van der Waals surface area contributed by atoms with Crippen LogP contribution < -0.4 is 0 Å². The molecule has 34 heavy (non-hydrogen) atoms. The molecule has 0 saturated heterocycles. The largest absolute Gasteiger partial charge is 0.420 e. The van der Waals surface area contributed by atoms with Gasteiger partial charge in [-0.3, -0.25) is 0 Å². The first-order chi connectivity index (χ1) is 16.3. The number of nitrogens with zero attached hydrogens (tertiary/aromatic N) is 3. The molecule has 0 spiro atoms. The predicted molar refractivity (Wildman–Crippen MR) is 157 cm³/mol. The van der Waals surface area contributed by atoms with Gasteiger partial charge in [-0.2, -0.15) is 0 Å². The highest BCUT2D eigenvalue weighted by Gasteiger charge is 2.36. The van der Waals surface area contributed by atoms with E-state index in [1.54, 1.807) is 0 Å². The minimum absolute atomic E-state index is 0.480. The summed E-state index contributed by atoms with van der Waals surface area (Å²) in [5, 5.41) is 0. The third-order valence-electron chi connectivity index (χ3n) is 8.39. The van der Waals surface area contributed by atoms with Crippen LogP contribution in [0.2, 0.25) is 18.1 Å². The summed E-state index contributed by atoms with van der Waals surface area (Å²) < 4.78 is 6.27. The van der Waals surface area contributed by atoms with Gasteiger partial charge in [-0.1, -0.05) is 34.6 Å². The van der Waals surface area contributed by atoms with E-state index in [0.717, 1.165) is 0 Å². The molecule has 0 aliphatic rings. The van der Waals surface area contributed by atoms with Crippen molar-refractivity contribution in [2.24, 2.45) is 5.41 Å². The molecule has 0 fully saturated rings. The molecule has 0 aliphatic heterocycles. The average molecular weight is 500 g/mol. The lowest BCUT2D eigenvalue weighted by Gasteiger charge is -2.39. The molecule has 0 aromatic carbocycles. The highest BCUT2D eigenvalue weighted by Crippen LogP contribution is 2.42. The Kier molecular flexibility index (Phi) is 20.2. The standard InChI is InChI=1S/C29H65N3OSi/c1-10-22-30(6)25-15-18-29(19-16-26-31(7)23-11-2,20-17-27-32(8)24-12-3)21-28-34(13-4,14-5)33-9/h10-28H2,1-9H3. The molecule has 0 heterocycles. The van der Waals surface area contributed by atoms with E-state index < -0.39 is 8.32 Å². The maximum atomic E-state index is 6.27. The van der Waals surface area contributed by atoms with E-state index in [1.807, 2.05) is 7.11 Å². The summed E-state index contributed by atoms with van der Waals surface area (Å²) >= 11 is 0. The summed E-state index contributed by atoms with van der Waals surface area (Å²) in [6, 6.07) is 3.86. The zero-order chi connectivity index (χ0) is 25.9. The molecule has 0 N–H and O–H groups in total. The van der Waals surface area contributed by atoms with Gasteiger partial charge in [0.1, 0.15) is 0 Å². The molecule has 0 atom stereocenters. The van der Waals surface area contributed by atoms with Gasteiger partial charge in [0.05, 0.1) is 0 Å². The fourth-order valence-electron chi connectivity index (χ4n) is 5.89. The molecule has 0 amide bonds. The van der Waals surface area contributed by atoms with Crippen molar-refractivity contribution in [2.75, 3.05) is 67.5 Å². The normalized spacial score (nSPS) is 13.1.